The molecule has 0 aromatic heterocycles. The SMILES string of the molecule is CC(C)(C)CCc1ccc(F)c(C#N)c1. The van der Waals surface area contributed by atoms with E-state index in [0.717, 1.165) is 18.4 Å². The third-order valence-corrected chi connectivity index (χ3v) is 2.31. The second-order valence-electron chi connectivity index (χ2n) is 4.99. The van der Waals surface area contributed by atoms with Gasteiger partial charge in [-0.25, -0.2) is 4.39 Å². The largest absolute Gasteiger partial charge is 0.206 e. The van der Waals surface area contributed by atoms with Crippen molar-refractivity contribution in [3.05, 3.63) is 35.1 Å². The van der Waals surface area contributed by atoms with Crippen molar-refractivity contribution in [2.45, 2.75) is 33.6 Å². The molecule has 0 aliphatic carbocycles. The van der Waals surface area contributed by atoms with Crippen LogP contribution in [0.25, 0.3) is 0 Å². The lowest BCUT2D eigenvalue weighted by atomic mass is 9.88. The highest BCUT2D eigenvalue weighted by Gasteiger charge is 2.10. The van der Waals surface area contributed by atoms with Crippen molar-refractivity contribution in [3.63, 3.8) is 0 Å². The first-order valence-corrected chi connectivity index (χ1v) is 5.11. The lowest BCUT2D eigenvalue weighted by Crippen LogP contribution is -2.06. The van der Waals surface area contributed by atoms with Gasteiger partial charge in [-0.2, -0.15) is 5.26 Å². The molecule has 0 aliphatic heterocycles. The maximum Gasteiger partial charge on any atom is 0.140 e. The van der Waals surface area contributed by atoms with E-state index in [4.69, 9.17) is 5.26 Å². The van der Waals surface area contributed by atoms with Gasteiger partial charge in [-0.15, -0.1) is 0 Å². The van der Waals surface area contributed by atoms with Crippen molar-refractivity contribution >= 4 is 0 Å². The predicted molar refractivity (Wildman–Crippen MR) is 58.9 cm³/mol. The number of hydrogen-bond acceptors (Lipinski definition) is 1. The summed E-state index contributed by atoms with van der Waals surface area (Å²) in [7, 11) is 0. The molecule has 0 spiro atoms. The first-order chi connectivity index (χ1) is 6.92. The number of nitriles is 1. The Morgan fingerprint density at radius 2 is 2.00 bits per heavy atom. The van der Waals surface area contributed by atoms with E-state index in [9.17, 15) is 4.39 Å². The predicted octanol–water partition coefficient (Wildman–Crippen LogP) is 3.68. The van der Waals surface area contributed by atoms with Crippen molar-refractivity contribution in [1.82, 2.24) is 0 Å². The van der Waals surface area contributed by atoms with E-state index in [-0.39, 0.29) is 11.0 Å². The van der Waals surface area contributed by atoms with Crippen molar-refractivity contribution in [2.24, 2.45) is 5.41 Å². The van der Waals surface area contributed by atoms with Gasteiger partial charge < -0.3 is 0 Å². The second kappa shape index (κ2) is 4.44. The number of nitrogens with zero attached hydrogens (tertiary/aromatic N) is 1. The van der Waals surface area contributed by atoms with Crippen LogP contribution in [-0.2, 0) is 6.42 Å². The van der Waals surface area contributed by atoms with Gasteiger partial charge in [-0.1, -0.05) is 26.8 Å². The van der Waals surface area contributed by atoms with Crippen LogP contribution < -0.4 is 0 Å². The molecular weight excluding hydrogens is 189 g/mol. The maximum atomic E-state index is 13.0. The average Bonchev–Trinajstić information content (AvgIpc) is 2.15. The van der Waals surface area contributed by atoms with Crippen LogP contribution in [0, 0.1) is 22.6 Å². The quantitative estimate of drug-likeness (QED) is 0.722. The Kier molecular flexibility index (Phi) is 3.47. The van der Waals surface area contributed by atoms with Gasteiger partial charge >= 0.3 is 0 Å². The lowest BCUT2D eigenvalue weighted by Gasteiger charge is -2.17. The van der Waals surface area contributed by atoms with Gasteiger partial charge in [-0.05, 0) is 36.0 Å². The van der Waals surface area contributed by atoms with E-state index in [1.165, 1.54) is 6.07 Å². The molecule has 80 valence electrons. The van der Waals surface area contributed by atoms with Gasteiger partial charge in [0.15, 0.2) is 0 Å². The van der Waals surface area contributed by atoms with Crippen molar-refractivity contribution < 1.29 is 4.39 Å². The molecule has 0 aliphatic rings. The maximum absolute atomic E-state index is 13.0. The molecule has 0 heterocycles. The van der Waals surface area contributed by atoms with E-state index in [0.29, 0.717) is 0 Å². The molecule has 2 heteroatoms. The highest BCUT2D eigenvalue weighted by Crippen LogP contribution is 2.22. The molecule has 1 aromatic carbocycles. The number of halogens is 1. The Morgan fingerprint density at radius 1 is 1.33 bits per heavy atom. The summed E-state index contributed by atoms with van der Waals surface area (Å²) in [6, 6.07) is 6.62. The number of rotatable bonds is 2. The molecule has 1 aromatic rings. The van der Waals surface area contributed by atoms with Crippen molar-refractivity contribution in [2.75, 3.05) is 0 Å². The van der Waals surface area contributed by atoms with Crippen LogP contribution in [0.1, 0.15) is 38.3 Å². The lowest BCUT2D eigenvalue weighted by molar-refractivity contribution is 0.378. The van der Waals surface area contributed by atoms with E-state index >= 15 is 0 Å². The Bertz CT molecular complexity index is 383. The first-order valence-electron chi connectivity index (χ1n) is 5.11. The molecule has 1 nitrogen and oxygen atoms in total. The fourth-order valence-electron chi connectivity index (χ4n) is 1.33. The zero-order chi connectivity index (χ0) is 11.5. The topological polar surface area (TPSA) is 23.8 Å². The minimum absolute atomic E-state index is 0.140. The number of benzene rings is 1. The van der Waals surface area contributed by atoms with E-state index in [1.807, 2.05) is 6.07 Å². The molecular formula is C13H16FN. The van der Waals surface area contributed by atoms with Crippen LogP contribution >= 0.6 is 0 Å². The molecule has 15 heavy (non-hydrogen) atoms. The highest BCUT2D eigenvalue weighted by molar-refractivity contribution is 5.34. The smallest absolute Gasteiger partial charge is 0.140 e. The monoisotopic (exact) mass is 205 g/mol. The minimum atomic E-state index is -0.433. The van der Waals surface area contributed by atoms with Crippen LogP contribution in [0.15, 0.2) is 18.2 Å². The summed E-state index contributed by atoms with van der Waals surface area (Å²) < 4.78 is 13.0. The van der Waals surface area contributed by atoms with Crippen LogP contribution in [-0.4, -0.2) is 0 Å². The molecule has 0 N–H and O–H groups in total. The fraction of sp³-hybridized carbons (Fsp3) is 0.462. The summed E-state index contributed by atoms with van der Waals surface area (Å²) in [5, 5.41) is 8.68. The summed E-state index contributed by atoms with van der Waals surface area (Å²) in [6.07, 6.45) is 1.92. The van der Waals surface area contributed by atoms with E-state index in [2.05, 4.69) is 20.8 Å². The fourth-order valence-corrected chi connectivity index (χ4v) is 1.33. The van der Waals surface area contributed by atoms with E-state index < -0.39 is 5.82 Å². The van der Waals surface area contributed by atoms with Crippen LogP contribution in [0.3, 0.4) is 0 Å². The molecule has 0 amide bonds. The Hall–Kier alpha value is -1.36. The third kappa shape index (κ3) is 3.71. The molecule has 0 saturated heterocycles. The zero-order valence-corrected chi connectivity index (χ0v) is 9.47. The van der Waals surface area contributed by atoms with Gasteiger partial charge in [0, 0.05) is 0 Å². The molecule has 0 fully saturated rings. The van der Waals surface area contributed by atoms with E-state index in [1.54, 1.807) is 12.1 Å². The number of hydrogen-bond donors (Lipinski definition) is 0. The van der Waals surface area contributed by atoms with Gasteiger partial charge in [0.2, 0.25) is 0 Å². The van der Waals surface area contributed by atoms with Gasteiger partial charge in [0.05, 0.1) is 5.56 Å². The molecule has 0 radical (unpaired) electrons. The Balaban J connectivity index is 2.76. The van der Waals surface area contributed by atoms with Crippen LogP contribution in [0.5, 0.6) is 0 Å². The molecule has 0 bridgehead atoms. The summed E-state index contributed by atoms with van der Waals surface area (Å²) in [5.41, 5.74) is 1.44. The highest BCUT2D eigenvalue weighted by atomic mass is 19.1. The Labute approximate surface area is 90.5 Å². The van der Waals surface area contributed by atoms with Gasteiger partial charge in [-0.3, -0.25) is 0 Å². The van der Waals surface area contributed by atoms with Crippen LogP contribution in [0.2, 0.25) is 0 Å². The van der Waals surface area contributed by atoms with Crippen molar-refractivity contribution in [1.29, 1.82) is 5.26 Å². The average molecular weight is 205 g/mol. The Morgan fingerprint density at radius 3 is 2.53 bits per heavy atom. The van der Waals surface area contributed by atoms with Crippen LogP contribution in [0.4, 0.5) is 4.39 Å². The number of aryl methyl sites for hydroxylation is 1. The summed E-state index contributed by atoms with van der Waals surface area (Å²) in [5.74, 6) is -0.433. The van der Waals surface area contributed by atoms with Crippen molar-refractivity contribution in [3.8, 4) is 6.07 Å². The van der Waals surface area contributed by atoms with Gasteiger partial charge in [0.1, 0.15) is 11.9 Å². The molecule has 0 saturated carbocycles. The molecule has 0 unspecified atom stereocenters. The third-order valence-electron chi connectivity index (χ3n) is 2.31. The summed E-state index contributed by atoms with van der Waals surface area (Å²) >= 11 is 0. The normalized spacial score (nSPS) is 11.1. The standard InChI is InChI=1S/C13H16FN/c1-13(2,3)7-6-10-4-5-12(14)11(8-10)9-15/h4-5,8H,6-7H2,1-3H3. The summed E-state index contributed by atoms with van der Waals surface area (Å²) in [4.78, 5) is 0. The first kappa shape index (κ1) is 11.7. The second-order valence-corrected chi connectivity index (χ2v) is 4.99. The summed E-state index contributed by atoms with van der Waals surface area (Å²) in [6.45, 7) is 6.51. The minimum Gasteiger partial charge on any atom is -0.206 e. The molecule has 1 rings (SSSR count). The zero-order valence-electron chi connectivity index (χ0n) is 9.47. The molecule has 0 atom stereocenters. The van der Waals surface area contributed by atoms with Gasteiger partial charge in [0.25, 0.3) is 0 Å².